The Kier molecular flexibility index (Phi) is 5.83. The minimum absolute atomic E-state index is 0.0268. The molecule has 1 heterocycles. The predicted octanol–water partition coefficient (Wildman–Crippen LogP) is 2.89. The first-order chi connectivity index (χ1) is 10.5. The number of carboxylic acid groups (broad SMARTS) is 1. The van der Waals surface area contributed by atoms with E-state index in [0.29, 0.717) is 25.9 Å². The Morgan fingerprint density at radius 3 is 2.68 bits per heavy atom. The average molecular weight is 369 g/mol. The second-order valence-electron chi connectivity index (χ2n) is 5.78. The average Bonchev–Trinajstić information content (AvgIpc) is 2.47. The van der Waals surface area contributed by atoms with Crippen molar-refractivity contribution in [2.24, 2.45) is 5.92 Å². The highest BCUT2D eigenvalue weighted by molar-refractivity contribution is 9.10. The van der Waals surface area contributed by atoms with Crippen molar-refractivity contribution in [3.8, 4) is 0 Å². The summed E-state index contributed by atoms with van der Waals surface area (Å²) < 4.78 is 1.03. The first-order valence-corrected chi connectivity index (χ1v) is 8.27. The Morgan fingerprint density at radius 1 is 1.41 bits per heavy atom. The summed E-state index contributed by atoms with van der Waals surface area (Å²) in [6, 6.07) is 7.95. The topological polar surface area (TPSA) is 69.6 Å². The van der Waals surface area contributed by atoms with Crippen LogP contribution in [0.25, 0.3) is 0 Å². The molecule has 1 saturated heterocycles. The van der Waals surface area contributed by atoms with E-state index in [4.69, 9.17) is 5.11 Å². The number of likely N-dealkylation sites (tertiary alicyclic amines) is 1. The first kappa shape index (κ1) is 16.8. The van der Waals surface area contributed by atoms with Crippen LogP contribution in [0, 0.1) is 5.92 Å². The maximum Gasteiger partial charge on any atom is 0.317 e. The quantitative estimate of drug-likeness (QED) is 0.858. The van der Waals surface area contributed by atoms with Gasteiger partial charge in [0.05, 0.1) is 5.92 Å². The molecule has 1 atom stereocenters. The highest BCUT2D eigenvalue weighted by atomic mass is 79.9. The summed E-state index contributed by atoms with van der Waals surface area (Å²) >= 11 is 3.44. The summed E-state index contributed by atoms with van der Waals surface area (Å²) in [6.07, 6.45) is 1.82. The first-order valence-electron chi connectivity index (χ1n) is 7.48. The van der Waals surface area contributed by atoms with Gasteiger partial charge in [-0.2, -0.15) is 0 Å². The Bertz CT molecular complexity index is 542. The predicted molar refractivity (Wildman–Crippen MR) is 87.8 cm³/mol. The van der Waals surface area contributed by atoms with Crippen molar-refractivity contribution in [1.82, 2.24) is 10.2 Å². The number of amides is 2. The van der Waals surface area contributed by atoms with Crippen molar-refractivity contribution in [2.75, 3.05) is 13.1 Å². The third-order valence-corrected chi connectivity index (χ3v) is 4.43. The van der Waals surface area contributed by atoms with E-state index in [1.165, 1.54) is 0 Å². The molecule has 6 heteroatoms. The Morgan fingerprint density at radius 2 is 2.09 bits per heavy atom. The summed E-state index contributed by atoms with van der Waals surface area (Å²) in [7, 11) is 0. The fourth-order valence-electron chi connectivity index (χ4n) is 2.70. The van der Waals surface area contributed by atoms with Crippen LogP contribution in [0.4, 0.5) is 4.79 Å². The van der Waals surface area contributed by atoms with E-state index in [1.807, 2.05) is 31.2 Å². The van der Waals surface area contributed by atoms with Gasteiger partial charge < -0.3 is 15.3 Å². The van der Waals surface area contributed by atoms with Crippen molar-refractivity contribution in [1.29, 1.82) is 0 Å². The molecule has 0 bridgehead atoms. The van der Waals surface area contributed by atoms with Crippen LogP contribution in [0.3, 0.4) is 0 Å². The molecule has 1 unspecified atom stereocenters. The van der Waals surface area contributed by atoms with Crippen LogP contribution in [-0.2, 0) is 11.2 Å². The van der Waals surface area contributed by atoms with Crippen molar-refractivity contribution in [2.45, 2.75) is 32.2 Å². The number of carboxylic acids is 1. The van der Waals surface area contributed by atoms with Gasteiger partial charge in [-0.05, 0) is 43.9 Å². The Labute approximate surface area is 138 Å². The third kappa shape index (κ3) is 4.73. The zero-order chi connectivity index (χ0) is 16.1. The van der Waals surface area contributed by atoms with Crippen LogP contribution in [0.5, 0.6) is 0 Å². The van der Waals surface area contributed by atoms with E-state index in [0.717, 1.165) is 16.5 Å². The number of halogens is 1. The van der Waals surface area contributed by atoms with Gasteiger partial charge in [-0.25, -0.2) is 4.79 Å². The lowest BCUT2D eigenvalue weighted by Crippen LogP contribution is -2.48. The molecule has 0 aromatic heterocycles. The number of aliphatic carboxylic acids is 1. The maximum atomic E-state index is 12.2. The molecule has 5 nitrogen and oxygen atoms in total. The van der Waals surface area contributed by atoms with Crippen LogP contribution >= 0.6 is 15.9 Å². The van der Waals surface area contributed by atoms with Crippen LogP contribution in [0.2, 0.25) is 0 Å². The number of hydrogen-bond donors (Lipinski definition) is 2. The van der Waals surface area contributed by atoms with E-state index in [1.54, 1.807) is 4.90 Å². The number of rotatable bonds is 4. The molecule has 2 N–H and O–H groups in total. The largest absolute Gasteiger partial charge is 0.481 e. The lowest BCUT2D eigenvalue weighted by molar-refractivity contribution is -0.143. The molecule has 22 heavy (non-hydrogen) atoms. The van der Waals surface area contributed by atoms with E-state index in [-0.39, 0.29) is 18.0 Å². The second kappa shape index (κ2) is 7.63. The van der Waals surface area contributed by atoms with Crippen molar-refractivity contribution in [3.63, 3.8) is 0 Å². The number of hydrogen-bond acceptors (Lipinski definition) is 2. The molecule has 2 rings (SSSR count). The minimum atomic E-state index is -0.761. The standard InChI is InChI=1S/C16H21BrN2O3/c1-11(9-12-3-2-4-14(17)10-12)18-16(22)19-7-5-13(6-8-19)15(20)21/h2-4,10-11,13H,5-9H2,1H3,(H,18,22)(H,20,21). The number of urea groups is 1. The smallest absolute Gasteiger partial charge is 0.317 e. The summed E-state index contributed by atoms with van der Waals surface area (Å²) in [5.41, 5.74) is 1.16. The molecule has 1 aromatic carbocycles. The lowest BCUT2D eigenvalue weighted by Gasteiger charge is -2.31. The summed E-state index contributed by atoms with van der Waals surface area (Å²) in [5, 5.41) is 12.0. The van der Waals surface area contributed by atoms with E-state index in [2.05, 4.69) is 21.2 Å². The molecule has 0 aliphatic carbocycles. The van der Waals surface area contributed by atoms with Gasteiger partial charge >= 0.3 is 12.0 Å². The van der Waals surface area contributed by atoms with Gasteiger partial charge in [0.1, 0.15) is 0 Å². The highest BCUT2D eigenvalue weighted by Crippen LogP contribution is 2.17. The molecule has 1 aromatic rings. The fourth-order valence-corrected chi connectivity index (χ4v) is 3.15. The van der Waals surface area contributed by atoms with Gasteiger partial charge in [0.2, 0.25) is 0 Å². The SMILES string of the molecule is CC(Cc1cccc(Br)c1)NC(=O)N1CCC(C(=O)O)CC1. The zero-order valence-corrected chi connectivity index (χ0v) is 14.2. The van der Waals surface area contributed by atoms with Crippen molar-refractivity contribution >= 4 is 27.9 Å². The Hall–Kier alpha value is -1.56. The van der Waals surface area contributed by atoms with Gasteiger partial charge in [-0.15, -0.1) is 0 Å². The Balaban J connectivity index is 1.80. The zero-order valence-electron chi connectivity index (χ0n) is 12.6. The van der Waals surface area contributed by atoms with Crippen LogP contribution in [0.15, 0.2) is 28.7 Å². The van der Waals surface area contributed by atoms with Gasteiger partial charge in [0, 0.05) is 23.6 Å². The van der Waals surface area contributed by atoms with Crippen molar-refractivity contribution in [3.05, 3.63) is 34.3 Å². The molecule has 2 amide bonds. The number of nitrogens with one attached hydrogen (secondary N) is 1. The van der Waals surface area contributed by atoms with Gasteiger partial charge in [-0.3, -0.25) is 4.79 Å². The number of benzene rings is 1. The molecule has 1 fully saturated rings. The van der Waals surface area contributed by atoms with E-state index >= 15 is 0 Å². The third-order valence-electron chi connectivity index (χ3n) is 3.93. The van der Waals surface area contributed by atoms with Crippen LogP contribution in [-0.4, -0.2) is 41.1 Å². The number of carbonyl (C=O) groups is 2. The molecular weight excluding hydrogens is 348 g/mol. The summed E-state index contributed by atoms with van der Waals surface area (Å²) in [5.74, 6) is -1.08. The van der Waals surface area contributed by atoms with Crippen LogP contribution < -0.4 is 5.32 Å². The van der Waals surface area contributed by atoms with Gasteiger partial charge in [0.25, 0.3) is 0 Å². The molecule has 0 saturated carbocycles. The molecular formula is C16H21BrN2O3. The summed E-state index contributed by atoms with van der Waals surface area (Å²) in [4.78, 5) is 24.8. The molecule has 0 spiro atoms. The highest BCUT2D eigenvalue weighted by Gasteiger charge is 2.27. The van der Waals surface area contributed by atoms with Crippen LogP contribution in [0.1, 0.15) is 25.3 Å². The summed E-state index contributed by atoms with van der Waals surface area (Å²) in [6.45, 7) is 2.99. The second-order valence-corrected chi connectivity index (χ2v) is 6.70. The van der Waals surface area contributed by atoms with Gasteiger partial charge in [0.15, 0.2) is 0 Å². The van der Waals surface area contributed by atoms with Crippen molar-refractivity contribution < 1.29 is 14.7 Å². The minimum Gasteiger partial charge on any atom is -0.481 e. The lowest BCUT2D eigenvalue weighted by atomic mass is 9.97. The van der Waals surface area contributed by atoms with E-state index in [9.17, 15) is 9.59 Å². The number of nitrogens with zero attached hydrogens (tertiary/aromatic N) is 1. The fraction of sp³-hybridized carbons (Fsp3) is 0.500. The number of piperidine rings is 1. The maximum absolute atomic E-state index is 12.2. The monoisotopic (exact) mass is 368 g/mol. The normalized spacial score (nSPS) is 17.1. The molecule has 1 aliphatic rings. The molecule has 120 valence electrons. The number of carbonyl (C=O) groups excluding carboxylic acids is 1. The van der Waals surface area contributed by atoms with Gasteiger partial charge in [-0.1, -0.05) is 28.1 Å². The molecule has 0 radical (unpaired) electrons. The van der Waals surface area contributed by atoms with E-state index < -0.39 is 5.97 Å². The molecule has 1 aliphatic heterocycles.